The molecule has 4 rings (SSSR count). The van der Waals surface area contributed by atoms with Crippen LogP contribution in [-0.2, 0) is 9.53 Å². The summed E-state index contributed by atoms with van der Waals surface area (Å²) in [5.74, 6) is 0.563. The lowest BCUT2D eigenvalue weighted by Gasteiger charge is -2.47. The van der Waals surface area contributed by atoms with Crippen molar-refractivity contribution in [2.24, 2.45) is 5.73 Å². The first kappa shape index (κ1) is 19.9. The summed E-state index contributed by atoms with van der Waals surface area (Å²) in [5, 5.41) is 0. The second kappa shape index (κ2) is 7.79. The minimum absolute atomic E-state index is 0.432. The largest absolute Gasteiger partial charge is 0.368 e. The molecular formula is C22H24N6O2. The Morgan fingerprint density at radius 3 is 2.37 bits per heavy atom. The van der Waals surface area contributed by atoms with Crippen molar-refractivity contribution >= 4 is 11.9 Å². The molecule has 1 aliphatic heterocycles. The Morgan fingerprint density at radius 2 is 1.73 bits per heavy atom. The zero-order valence-corrected chi connectivity index (χ0v) is 17.2. The lowest BCUT2D eigenvalue weighted by molar-refractivity contribution is -0.137. The van der Waals surface area contributed by atoms with Gasteiger partial charge in [0.25, 0.3) is 0 Å². The molecule has 154 valence electrons. The number of rotatable bonds is 4. The summed E-state index contributed by atoms with van der Waals surface area (Å²) in [6.07, 6.45) is 6.10. The van der Waals surface area contributed by atoms with E-state index >= 15 is 0 Å². The normalized spacial score (nSPS) is 20.7. The average Bonchev–Trinajstić information content (AvgIpc) is 2.74. The van der Waals surface area contributed by atoms with Gasteiger partial charge in [0.15, 0.2) is 5.82 Å². The number of aromatic nitrogens is 4. The number of nitrogens with two attached hydrogens (primary N) is 1. The van der Waals surface area contributed by atoms with Gasteiger partial charge >= 0.3 is 0 Å². The van der Waals surface area contributed by atoms with E-state index in [9.17, 15) is 4.79 Å². The van der Waals surface area contributed by atoms with Crippen LogP contribution in [-0.4, -0.2) is 44.0 Å². The van der Waals surface area contributed by atoms with Gasteiger partial charge < -0.3 is 15.4 Å². The molecule has 1 amide bonds. The number of amides is 1. The van der Waals surface area contributed by atoms with Crippen LogP contribution >= 0.6 is 0 Å². The van der Waals surface area contributed by atoms with Gasteiger partial charge in [0.1, 0.15) is 12.1 Å². The van der Waals surface area contributed by atoms with Crippen LogP contribution in [0.5, 0.6) is 0 Å². The summed E-state index contributed by atoms with van der Waals surface area (Å²) in [5.41, 5.74) is 8.03. The Hall–Kier alpha value is -3.39. The number of ether oxygens (including phenoxy) is 1. The summed E-state index contributed by atoms with van der Waals surface area (Å²) in [6.45, 7) is 6.38. The van der Waals surface area contributed by atoms with E-state index in [1.165, 1.54) is 0 Å². The number of anilines is 1. The standard InChI is InChI=1S/C22H24N6O2/c1-14-6-7-15(12-16(14)20-24-8-4-9-25-20)18-17(19(23)29)28(13-22(2,3)30-18)21-26-10-5-11-27-21/h4-12,17-18H,13H2,1-3H3,(H2,23,29). The van der Waals surface area contributed by atoms with Crippen molar-refractivity contribution in [1.29, 1.82) is 0 Å². The number of hydrogen-bond donors (Lipinski definition) is 1. The Labute approximate surface area is 175 Å². The molecule has 1 aliphatic rings. The third-order valence-corrected chi connectivity index (χ3v) is 5.12. The molecule has 2 N–H and O–H groups in total. The molecule has 3 aromatic rings. The van der Waals surface area contributed by atoms with E-state index in [1.807, 2.05) is 43.9 Å². The smallest absolute Gasteiger partial charge is 0.243 e. The van der Waals surface area contributed by atoms with E-state index in [4.69, 9.17) is 10.5 Å². The number of carbonyl (C=O) groups is 1. The second-order valence-electron chi connectivity index (χ2n) is 7.97. The van der Waals surface area contributed by atoms with Crippen LogP contribution in [0.25, 0.3) is 11.4 Å². The number of carbonyl (C=O) groups excluding carboxylic acids is 1. The maximum Gasteiger partial charge on any atom is 0.243 e. The highest BCUT2D eigenvalue weighted by Gasteiger charge is 2.45. The second-order valence-corrected chi connectivity index (χ2v) is 7.97. The van der Waals surface area contributed by atoms with Gasteiger partial charge in [-0.2, -0.15) is 0 Å². The van der Waals surface area contributed by atoms with Gasteiger partial charge in [0, 0.05) is 30.4 Å². The van der Waals surface area contributed by atoms with E-state index in [-0.39, 0.29) is 0 Å². The van der Waals surface area contributed by atoms with E-state index in [2.05, 4.69) is 19.9 Å². The lowest BCUT2D eigenvalue weighted by atomic mass is 9.92. The van der Waals surface area contributed by atoms with Crippen LogP contribution in [0, 0.1) is 6.92 Å². The minimum Gasteiger partial charge on any atom is -0.368 e. The number of benzene rings is 1. The van der Waals surface area contributed by atoms with E-state index in [0.29, 0.717) is 18.3 Å². The average molecular weight is 404 g/mol. The fourth-order valence-electron chi connectivity index (χ4n) is 3.80. The predicted molar refractivity (Wildman–Crippen MR) is 112 cm³/mol. The molecule has 1 saturated heterocycles. The van der Waals surface area contributed by atoms with Crippen LogP contribution < -0.4 is 10.6 Å². The fraction of sp³-hybridized carbons (Fsp3) is 0.318. The Balaban J connectivity index is 1.81. The molecule has 30 heavy (non-hydrogen) atoms. The third-order valence-electron chi connectivity index (χ3n) is 5.12. The van der Waals surface area contributed by atoms with Crippen LogP contribution in [0.1, 0.15) is 31.1 Å². The quantitative estimate of drug-likeness (QED) is 0.712. The maximum absolute atomic E-state index is 12.6. The van der Waals surface area contributed by atoms with Crippen LogP contribution in [0.2, 0.25) is 0 Å². The molecule has 0 saturated carbocycles. The number of nitrogens with zero attached hydrogens (tertiary/aromatic N) is 5. The molecule has 1 fully saturated rings. The zero-order valence-electron chi connectivity index (χ0n) is 17.2. The number of aryl methyl sites for hydroxylation is 1. The van der Waals surface area contributed by atoms with E-state index in [0.717, 1.165) is 16.7 Å². The molecule has 0 bridgehead atoms. The number of hydrogen-bond acceptors (Lipinski definition) is 7. The molecule has 0 spiro atoms. The van der Waals surface area contributed by atoms with Gasteiger partial charge in [0.2, 0.25) is 11.9 Å². The summed E-state index contributed by atoms with van der Waals surface area (Å²) in [4.78, 5) is 31.8. The van der Waals surface area contributed by atoms with Crippen molar-refractivity contribution in [3.05, 3.63) is 66.2 Å². The molecule has 2 unspecified atom stereocenters. The highest BCUT2D eigenvalue weighted by Crippen LogP contribution is 2.38. The molecule has 3 heterocycles. The summed E-state index contributed by atoms with van der Waals surface area (Å²) in [6, 6.07) is 8.65. The molecule has 1 aromatic carbocycles. The van der Waals surface area contributed by atoms with Gasteiger partial charge in [0.05, 0.1) is 12.1 Å². The van der Waals surface area contributed by atoms with E-state index < -0.39 is 23.7 Å². The first-order valence-corrected chi connectivity index (χ1v) is 9.74. The molecule has 2 atom stereocenters. The lowest BCUT2D eigenvalue weighted by Crippen LogP contribution is -2.60. The molecular weight excluding hydrogens is 380 g/mol. The number of morpholine rings is 1. The van der Waals surface area contributed by atoms with Gasteiger partial charge in [-0.05, 0) is 50.1 Å². The molecule has 0 aliphatic carbocycles. The van der Waals surface area contributed by atoms with Crippen molar-refractivity contribution < 1.29 is 9.53 Å². The van der Waals surface area contributed by atoms with E-state index in [1.54, 1.807) is 36.9 Å². The summed E-state index contributed by atoms with van der Waals surface area (Å²) >= 11 is 0. The fourth-order valence-corrected chi connectivity index (χ4v) is 3.80. The van der Waals surface area contributed by atoms with Crippen molar-refractivity contribution in [3.63, 3.8) is 0 Å². The monoisotopic (exact) mass is 404 g/mol. The topological polar surface area (TPSA) is 107 Å². The SMILES string of the molecule is Cc1ccc(C2OC(C)(C)CN(c3ncccn3)C2C(N)=O)cc1-c1ncccn1. The maximum atomic E-state index is 12.6. The van der Waals surface area contributed by atoms with Crippen molar-refractivity contribution in [3.8, 4) is 11.4 Å². The van der Waals surface area contributed by atoms with Crippen molar-refractivity contribution in [2.45, 2.75) is 38.5 Å². The van der Waals surface area contributed by atoms with Crippen molar-refractivity contribution in [2.75, 3.05) is 11.4 Å². The first-order chi connectivity index (χ1) is 14.4. The van der Waals surface area contributed by atoms with Gasteiger partial charge in [-0.3, -0.25) is 4.79 Å². The zero-order chi connectivity index (χ0) is 21.3. The van der Waals surface area contributed by atoms with Crippen LogP contribution in [0.15, 0.2) is 55.1 Å². The molecule has 0 radical (unpaired) electrons. The number of primary amides is 1. The third kappa shape index (κ3) is 3.86. The first-order valence-electron chi connectivity index (χ1n) is 9.74. The highest BCUT2D eigenvalue weighted by atomic mass is 16.5. The van der Waals surface area contributed by atoms with Crippen molar-refractivity contribution in [1.82, 2.24) is 19.9 Å². The molecule has 2 aromatic heterocycles. The minimum atomic E-state index is -0.757. The molecule has 8 nitrogen and oxygen atoms in total. The highest BCUT2D eigenvalue weighted by molar-refractivity contribution is 5.84. The Bertz CT molecular complexity index is 1040. The predicted octanol–water partition coefficient (Wildman–Crippen LogP) is 2.45. The van der Waals surface area contributed by atoms with Crippen LogP contribution in [0.3, 0.4) is 0 Å². The summed E-state index contributed by atoms with van der Waals surface area (Å²) < 4.78 is 6.38. The van der Waals surface area contributed by atoms with Gasteiger partial charge in [-0.25, -0.2) is 19.9 Å². The Morgan fingerprint density at radius 1 is 1.10 bits per heavy atom. The molecule has 8 heteroatoms. The Kier molecular flexibility index (Phi) is 5.17. The van der Waals surface area contributed by atoms with Gasteiger partial charge in [-0.15, -0.1) is 0 Å². The summed E-state index contributed by atoms with van der Waals surface area (Å²) in [7, 11) is 0. The van der Waals surface area contributed by atoms with Gasteiger partial charge in [-0.1, -0.05) is 12.1 Å². The van der Waals surface area contributed by atoms with Crippen LogP contribution in [0.4, 0.5) is 5.95 Å².